The Hall–Kier alpha value is -0.770. The van der Waals surface area contributed by atoms with Crippen molar-refractivity contribution in [2.75, 3.05) is 26.8 Å². The number of rotatable bonds is 5. The lowest BCUT2D eigenvalue weighted by Crippen LogP contribution is -2.33. The van der Waals surface area contributed by atoms with E-state index in [1.54, 1.807) is 7.11 Å². The Morgan fingerprint density at radius 3 is 3.00 bits per heavy atom. The van der Waals surface area contributed by atoms with Gasteiger partial charge >= 0.3 is 0 Å². The minimum atomic E-state index is 0.0853. The summed E-state index contributed by atoms with van der Waals surface area (Å²) in [7, 11) is 1.71. The molecule has 100 valence electrons. The Morgan fingerprint density at radius 1 is 1.50 bits per heavy atom. The van der Waals surface area contributed by atoms with E-state index in [2.05, 4.69) is 5.32 Å². The number of benzene rings is 1. The van der Waals surface area contributed by atoms with Crippen LogP contribution in [0.1, 0.15) is 12.0 Å². The van der Waals surface area contributed by atoms with Crippen LogP contribution in [0, 0.1) is 12.8 Å². The molecule has 3 nitrogen and oxygen atoms in total. The maximum absolute atomic E-state index is 6.11. The van der Waals surface area contributed by atoms with Crippen molar-refractivity contribution >= 4 is 11.6 Å². The van der Waals surface area contributed by atoms with Gasteiger partial charge in [0.25, 0.3) is 0 Å². The average molecular weight is 270 g/mol. The van der Waals surface area contributed by atoms with Crippen LogP contribution >= 0.6 is 11.6 Å². The van der Waals surface area contributed by atoms with Crippen LogP contribution in [-0.4, -0.2) is 32.9 Å². The van der Waals surface area contributed by atoms with Crippen molar-refractivity contribution in [1.29, 1.82) is 0 Å². The van der Waals surface area contributed by atoms with Gasteiger partial charge in [-0.1, -0.05) is 17.7 Å². The van der Waals surface area contributed by atoms with Crippen LogP contribution in [0.15, 0.2) is 18.2 Å². The van der Waals surface area contributed by atoms with Gasteiger partial charge in [-0.15, -0.1) is 0 Å². The molecule has 4 heteroatoms. The first-order valence-corrected chi connectivity index (χ1v) is 6.71. The Morgan fingerprint density at radius 2 is 2.33 bits per heavy atom. The number of ether oxygens (including phenoxy) is 2. The molecule has 0 saturated carbocycles. The van der Waals surface area contributed by atoms with Crippen LogP contribution in [0.3, 0.4) is 0 Å². The van der Waals surface area contributed by atoms with E-state index in [9.17, 15) is 0 Å². The Labute approximate surface area is 113 Å². The van der Waals surface area contributed by atoms with E-state index >= 15 is 0 Å². The number of hydrogen-bond acceptors (Lipinski definition) is 3. The van der Waals surface area contributed by atoms with E-state index in [-0.39, 0.29) is 6.10 Å². The average Bonchev–Trinajstić information content (AvgIpc) is 2.88. The van der Waals surface area contributed by atoms with Gasteiger partial charge in [-0.3, -0.25) is 0 Å². The summed E-state index contributed by atoms with van der Waals surface area (Å²) in [5, 5.41) is 4.11. The van der Waals surface area contributed by atoms with Crippen LogP contribution in [0.4, 0.5) is 0 Å². The van der Waals surface area contributed by atoms with E-state index < -0.39 is 0 Å². The predicted octanol–water partition coefficient (Wildman–Crippen LogP) is 2.65. The maximum atomic E-state index is 6.11. The summed E-state index contributed by atoms with van der Waals surface area (Å²) in [6.45, 7) is 4.64. The van der Waals surface area contributed by atoms with Crippen molar-refractivity contribution in [1.82, 2.24) is 5.32 Å². The number of hydrogen-bond donors (Lipinski definition) is 1. The molecule has 0 spiro atoms. The van der Waals surface area contributed by atoms with Crippen molar-refractivity contribution in [2.45, 2.75) is 19.4 Å². The topological polar surface area (TPSA) is 30.5 Å². The van der Waals surface area contributed by atoms with Gasteiger partial charge in [0, 0.05) is 30.2 Å². The van der Waals surface area contributed by atoms with Crippen molar-refractivity contribution in [3.63, 3.8) is 0 Å². The molecule has 1 fully saturated rings. The van der Waals surface area contributed by atoms with Gasteiger partial charge in [-0.2, -0.15) is 0 Å². The summed E-state index contributed by atoms with van der Waals surface area (Å²) in [5.41, 5.74) is 0.992. The summed E-state index contributed by atoms with van der Waals surface area (Å²) in [6, 6.07) is 5.76. The molecule has 2 rings (SSSR count). The first-order valence-electron chi connectivity index (χ1n) is 6.33. The van der Waals surface area contributed by atoms with E-state index in [4.69, 9.17) is 21.1 Å². The van der Waals surface area contributed by atoms with E-state index in [1.807, 2.05) is 25.1 Å². The zero-order chi connectivity index (χ0) is 13.0. The minimum absolute atomic E-state index is 0.0853. The lowest BCUT2D eigenvalue weighted by atomic mass is 10.0. The molecule has 1 unspecified atom stereocenters. The summed E-state index contributed by atoms with van der Waals surface area (Å²) < 4.78 is 11.4. The fourth-order valence-electron chi connectivity index (χ4n) is 2.30. The second-order valence-corrected chi connectivity index (χ2v) is 5.13. The standard InChI is InChI=1S/C14H20ClNO2/c1-10-12(15)4-3-5-13(10)18-14(9-17-2)11-6-7-16-8-11/h3-5,11,14,16H,6-9H2,1-2H3/t11?,14-/m0/s1. The lowest BCUT2D eigenvalue weighted by molar-refractivity contribution is 0.0478. The monoisotopic (exact) mass is 269 g/mol. The molecule has 0 bridgehead atoms. The van der Waals surface area contributed by atoms with Gasteiger partial charge in [-0.05, 0) is 32.0 Å². The van der Waals surface area contributed by atoms with E-state index in [0.29, 0.717) is 12.5 Å². The third kappa shape index (κ3) is 3.16. The number of halogens is 1. The quantitative estimate of drug-likeness (QED) is 0.891. The van der Waals surface area contributed by atoms with Gasteiger partial charge in [0.1, 0.15) is 11.9 Å². The van der Waals surface area contributed by atoms with Gasteiger partial charge in [0.15, 0.2) is 0 Å². The molecular weight excluding hydrogens is 250 g/mol. The van der Waals surface area contributed by atoms with Gasteiger partial charge < -0.3 is 14.8 Å². The molecule has 1 saturated heterocycles. The molecule has 0 radical (unpaired) electrons. The normalized spacial score (nSPS) is 20.9. The first-order chi connectivity index (χ1) is 8.72. The summed E-state index contributed by atoms with van der Waals surface area (Å²) >= 11 is 6.11. The van der Waals surface area contributed by atoms with Crippen LogP contribution in [0.2, 0.25) is 5.02 Å². The van der Waals surface area contributed by atoms with Crippen molar-refractivity contribution < 1.29 is 9.47 Å². The van der Waals surface area contributed by atoms with Crippen LogP contribution in [0.5, 0.6) is 5.75 Å². The smallest absolute Gasteiger partial charge is 0.126 e. The Kier molecular flexibility index (Phi) is 4.87. The summed E-state index contributed by atoms with van der Waals surface area (Å²) in [4.78, 5) is 0. The van der Waals surface area contributed by atoms with Gasteiger partial charge in [0.05, 0.1) is 6.61 Å². The Bertz CT molecular complexity index is 391. The molecule has 0 aliphatic carbocycles. The van der Waals surface area contributed by atoms with Crippen molar-refractivity contribution in [3.8, 4) is 5.75 Å². The third-order valence-corrected chi connectivity index (χ3v) is 3.86. The molecule has 1 heterocycles. The van der Waals surface area contributed by atoms with Crippen LogP contribution in [0.25, 0.3) is 0 Å². The van der Waals surface area contributed by atoms with Crippen molar-refractivity contribution in [2.24, 2.45) is 5.92 Å². The molecule has 18 heavy (non-hydrogen) atoms. The molecule has 1 aliphatic rings. The highest BCUT2D eigenvalue weighted by atomic mass is 35.5. The molecule has 1 aliphatic heterocycles. The fraction of sp³-hybridized carbons (Fsp3) is 0.571. The summed E-state index contributed by atoms with van der Waals surface area (Å²) in [5.74, 6) is 1.36. The first kappa shape index (κ1) is 13.7. The molecular formula is C14H20ClNO2. The highest BCUT2D eigenvalue weighted by molar-refractivity contribution is 6.31. The Balaban J connectivity index is 2.10. The maximum Gasteiger partial charge on any atom is 0.126 e. The zero-order valence-corrected chi connectivity index (χ0v) is 11.7. The SMILES string of the molecule is COC[C@H](Oc1cccc(Cl)c1C)C1CCNC1. The predicted molar refractivity (Wildman–Crippen MR) is 73.5 cm³/mol. The van der Waals surface area contributed by atoms with Crippen LogP contribution < -0.4 is 10.1 Å². The number of methoxy groups -OCH3 is 1. The molecule has 1 aromatic carbocycles. The zero-order valence-electron chi connectivity index (χ0n) is 10.9. The summed E-state index contributed by atoms with van der Waals surface area (Å²) in [6.07, 6.45) is 1.22. The largest absolute Gasteiger partial charge is 0.487 e. The lowest BCUT2D eigenvalue weighted by Gasteiger charge is -2.24. The fourth-order valence-corrected chi connectivity index (χ4v) is 2.47. The van der Waals surface area contributed by atoms with Gasteiger partial charge in [0.2, 0.25) is 0 Å². The van der Waals surface area contributed by atoms with Crippen molar-refractivity contribution in [3.05, 3.63) is 28.8 Å². The number of nitrogens with one attached hydrogen (secondary N) is 1. The molecule has 0 amide bonds. The second-order valence-electron chi connectivity index (χ2n) is 4.73. The molecule has 0 aromatic heterocycles. The third-order valence-electron chi connectivity index (χ3n) is 3.45. The van der Waals surface area contributed by atoms with E-state index in [1.165, 1.54) is 0 Å². The van der Waals surface area contributed by atoms with Crippen LogP contribution in [-0.2, 0) is 4.74 Å². The minimum Gasteiger partial charge on any atom is -0.487 e. The van der Waals surface area contributed by atoms with Gasteiger partial charge in [-0.25, -0.2) is 0 Å². The molecule has 2 atom stereocenters. The second kappa shape index (κ2) is 6.41. The van der Waals surface area contributed by atoms with E-state index in [0.717, 1.165) is 35.8 Å². The molecule has 1 N–H and O–H groups in total. The highest BCUT2D eigenvalue weighted by Gasteiger charge is 2.27. The molecule has 1 aromatic rings. The highest BCUT2D eigenvalue weighted by Crippen LogP contribution is 2.28.